The number of cyclic esters (lactones) is 1. The number of amides is 6. The fourth-order valence-electron chi connectivity index (χ4n) is 8.25. The second-order valence-electron chi connectivity index (χ2n) is 16.0. The number of morpholine rings is 1. The summed E-state index contributed by atoms with van der Waals surface area (Å²) < 4.78 is 82.0. The average Bonchev–Trinajstić information content (AvgIpc) is 3.85. The summed E-state index contributed by atoms with van der Waals surface area (Å²) in [6, 6.07) is -1.16. The third-order valence-corrected chi connectivity index (χ3v) is 11.2. The minimum Gasteiger partial charge on any atom is -0.458 e. The van der Waals surface area contributed by atoms with Crippen molar-refractivity contribution < 1.29 is 69.7 Å². The lowest BCUT2D eigenvalue weighted by Gasteiger charge is -2.39. The van der Waals surface area contributed by atoms with Gasteiger partial charge in [-0.1, -0.05) is 19.1 Å². The second-order valence-corrected chi connectivity index (χ2v) is 16.0. The third-order valence-electron chi connectivity index (χ3n) is 11.2. The summed E-state index contributed by atoms with van der Waals surface area (Å²) in [6.45, 7) is 4.63. The highest BCUT2D eigenvalue weighted by Crippen LogP contribution is 2.28. The predicted octanol–water partition coefficient (Wildman–Crippen LogP) is 1.52. The van der Waals surface area contributed by atoms with Gasteiger partial charge in [-0.3, -0.25) is 28.8 Å². The maximum atomic E-state index is 14.7. The van der Waals surface area contributed by atoms with Gasteiger partial charge >= 0.3 is 12.3 Å². The molecule has 4 aliphatic rings. The zero-order chi connectivity index (χ0) is 45.0. The highest BCUT2D eigenvalue weighted by atomic mass is 19.4. The molecular formula is C41H47F5N6O10. The van der Waals surface area contributed by atoms with Crippen molar-refractivity contribution in [2.24, 2.45) is 5.92 Å². The summed E-state index contributed by atoms with van der Waals surface area (Å²) in [5, 5.41) is 7.66. The Balaban J connectivity index is 1.32. The van der Waals surface area contributed by atoms with Crippen molar-refractivity contribution in [3.8, 4) is 5.75 Å². The minimum atomic E-state index is -4.96. The van der Waals surface area contributed by atoms with E-state index in [1.54, 1.807) is 0 Å². The van der Waals surface area contributed by atoms with E-state index >= 15 is 0 Å². The standard InChI is InChI=1S/C41H47F5N6O10/c1-21-13-31-40(59)61-23(3)34(39(58)50-10-4-5-30(50)38(57)51-11-12-60-20-32(51)36(55)47-22(2)37(56)52(31)19-21)49-35(54)29(16-25-14-26(42)18-27(43)15-25)48-33(53)17-24-6-8-28(9-7-24)62-41(44,45)46/h6-9,14-15,18,21-23,29-32,34H,4-5,10-13,16-17,19-20H2,1-3H3,(H,47,55)(H,48,53)(H,49,54)/t21-,22-,23-,29-,30-,31-,32-,34-/m0/s1. The number of carbonyl (C=O) groups is 7. The first-order chi connectivity index (χ1) is 29.3. The van der Waals surface area contributed by atoms with Gasteiger partial charge in [-0.05, 0) is 74.4 Å². The minimum absolute atomic E-state index is 0.00873. The van der Waals surface area contributed by atoms with Gasteiger partial charge in [0.15, 0.2) is 0 Å². The maximum Gasteiger partial charge on any atom is 0.573 e. The van der Waals surface area contributed by atoms with Crippen molar-refractivity contribution in [2.45, 2.75) is 102 Å². The Morgan fingerprint density at radius 1 is 0.871 bits per heavy atom. The van der Waals surface area contributed by atoms with E-state index < -0.39 is 120 Å². The molecule has 6 rings (SSSR count). The van der Waals surface area contributed by atoms with Crippen molar-refractivity contribution >= 4 is 41.4 Å². The van der Waals surface area contributed by atoms with Crippen molar-refractivity contribution in [2.75, 3.05) is 32.8 Å². The van der Waals surface area contributed by atoms with Crippen LogP contribution in [0.25, 0.3) is 0 Å². The molecule has 0 bridgehead atoms. The average molecular weight is 879 g/mol. The van der Waals surface area contributed by atoms with E-state index in [9.17, 15) is 55.5 Å². The molecule has 0 spiro atoms. The van der Waals surface area contributed by atoms with E-state index in [1.165, 1.54) is 40.7 Å². The molecule has 4 heterocycles. The quantitative estimate of drug-likeness (QED) is 0.259. The molecule has 62 heavy (non-hydrogen) atoms. The number of carbonyl (C=O) groups excluding carboxylic acids is 7. The number of hydrogen-bond acceptors (Lipinski definition) is 10. The number of ether oxygens (including phenoxy) is 3. The fourth-order valence-corrected chi connectivity index (χ4v) is 8.25. The molecule has 6 amide bonds. The summed E-state index contributed by atoms with van der Waals surface area (Å²) >= 11 is 0. The van der Waals surface area contributed by atoms with Gasteiger partial charge in [0.1, 0.15) is 59.7 Å². The van der Waals surface area contributed by atoms with Crippen LogP contribution in [0.4, 0.5) is 22.0 Å². The van der Waals surface area contributed by atoms with Crippen LogP contribution in [-0.2, 0) is 55.9 Å². The second kappa shape index (κ2) is 19.0. The Morgan fingerprint density at radius 3 is 2.23 bits per heavy atom. The van der Waals surface area contributed by atoms with E-state index in [4.69, 9.17) is 9.47 Å². The molecule has 8 atom stereocenters. The number of fused-ring (bicyclic) bond motifs is 3. The summed E-state index contributed by atoms with van der Waals surface area (Å²) in [4.78, 5) is 102. The normalized spacial score (nSPS) is 26.8. The van der Waals surface area contributed by atoms with Gasteiger partial charge in [0.2, 0.25) is 35.4 Å². The number of nitrogens with one attached hydrogen (secondary N) is 3. The first-order valence-corrected chi connectivity index (χ1v) is 20.2. The molecule has 2 aromatic carbocycles. The molecule has 2 aromatic rings. The van der Waals surface area contributed by atoms with Crippen LogP contribution in [0.1, 0.15) is 51.2 Å². The Kier molecular flexibility index (Phi) is 14.0. The van der Waals surface area contributed by atoms with Gasteiger partial charge in [-0.15, -0.1) is 13.2 Å². The number of esters is 1. The molecule has 336 valence electrons. The van der Waals surface area contributed by atoms with Crippen LogP contribution >= 0.6 is 0 Å². The first kappa shape index (κ1) is 45.7. The zero-order valence-electron chi connectivity index (χ0n) is 34.0. The molecule has 4 fully saturated rings. The van der Waals surface area contributed by atoms with Crippen LogP contribution in [0, 0.1) is 17.6 Å². The first-order valence-electron chi connectivity index (χ1n) is 20.2. The summed E-state index contributed by atoms with van der Waals surface area (Å²) in [5.41, 5.74) is 0.123. The van der Waals surface area contributed by atoms with E-state index in [0.717, 1.165) is 24.3 Å². The Bertz CT molecular complexity index is 2040. The predicted molar refractivity (Wildman–Crippen MR) is 204 cm³/mol. The molecule has 4 saturated heterocycles. The van der Waals surface area contributed by atoms with Crippen molar-refractivity contribution in [1.29, 1.82) is 0 Å². The van der Waals surface area contributed by atoms with Gasteiger partial charge < -0.3 is 44.9 Å². The van der Waals surface area contributed by atoms with Crippen LogP contribution in [0.3, 0.4) is 0 Å². The summed E-state index contributed by atoms with van der Waals surface area (Å²) in [6.07, 6.45) is -6.75. The van der Waals surface area contributed by atoms with Gasteiger partial charge in [-0.25, -0.2) is 13.6 Å². The fraction of sp³-hybridized carbons (Fsp3) is 0.537. The van der Waals surface area contributed by atoms with Crippen molar-refractivity contribution in [1.82, 2.24) is 30.7 Å². The number of nitrogens with zero attached hydrogens (tertiary/aromatic N) is 3. The lowest BCUT2D eigenvalue weighted by Crippen LogP contribution is -2.64. The molecule has 16 nitrogen and oxygen atoms in total. The van der Waals surface area contributed by atoms with Gasteiger partial charge in [0.25, 0.3) is 0 Å². The topological polar surface area (TPSA) is 193 Å². The van der Waals surface area contributed by atoms with Crippen LogP contribution in [0.2, 0.25) is 0 Å². The SMILES string of the molecule is C[C@H]1C[C@H]2C(=O)O[C@@H](C)[C@H](NC(=O)[C@H](Cc3cc(F)cc(F)c3)NC(=O)Cc3ccc(OC(F)(F)F)cc3)C(=O)N3CCC[C@H]3C(=O)N3CCOC[C@H]3C(=O)N[C@@H](C)C(=O)N2C1. The molecule has 0 unspecified atom stereocenters. The number of hydrogen-bond donors (Lipinski definition) is 3. The molecule has 0 saturated carbocycles. The Hall–Kier alpha value is -5.86. The number of rotatable bonds is 8. The highest BCUT2D eigenvalue weighted by Gasteiger charge is 2.47. The zero-order valence-corrected chi connectivity index (χ0v) is 34.0. The highest BCUT2D eigenvalue weighted by molar-refractivity contribution is 5.98. The van der Waals surface area contributed by atoms with Crippen molar-refractivity contribution in [3.05, 3.63) is 65.2 Å². The van der Waals surface area contributed by atoms with Crippen LogP contribution in [-0.4, -0.2) is 138 Å². The summed E-state index contributed by atoms with van der Waals surface area (Å²) in [7, 11) is 0. The number of halogens is 5. The molecule has 21 heteroatoms. The van der Waals surface area contributed by atoms with Gasteiger partial charge in [0.05, 0.1) is 19.6 Å². The Labute approximate surface area is 352 Å². The third kappa shape index (κ3) is 11.0. The molecular weight excluding hydrogens is 831 g/mol. The van der Waals surface area contributed by atoms with Crippen LogP contribution in [0.5, 0.6) is 5.75 Å². The smallest absolute Gasteiger partial charge is 0.458 e. The largest absolute Gasteiger partial charge is 0.573 e. The van der Waals surface area contributed by atoms with E-state index in [1.807, 2.05) is 6.92 Å². The molecule has 0 aliphatic carbocycles. The van der Waals surface area contributed by atoms with Crippen molar-refractivity contribution in [3.63, 3.8) is 0 Å². The van der Waals surface area contributed by atoms with Crippen LogP contribution < -0.4 is 20.7 Å². The molecule has 0 aromatic heterocycles. The van der Waals surface area contributed by atoms with E-state index in [-0.39, 0.29) is 62.7 Å². The molecule has 4 aliphatic heterocycles. The van der Waals surface area contributed by atoms with Crippen LogP contribution in [0.15, 0.2) is 42.5 Å². The molecule has 3 N–H and O–H groups in total. The monoisotopic (exact) mass is 878 g/mol. The lowest BCUT2D eigenvalue weighted by atomic mass is 10.0. The molecule has 0 radical (unpaired) electrons. The van der Waals surface area contributed by atoms with Gasteiger partial charge in [-0.2, -0.15) is 0 Å². The Morgan fingerprint density at radius 2 is 1.55 bits per heavy atom. The number of alkyl halides is 3. The van der Waals surface area contributed by atoms with E-state index in [0.29, 0.717) is 12.5 Å². The summed E-state index contributed by atoms with van der Waals surface area (Å²) in [5.74, 6) is -8.27. The van der Waals surface area contributed by atoms with E-state index in [2.05, 4.69) is 20.7 Å². The number of benzene rings is 2. The maximum absolute atomic E-state index is 14.7. The van der Waals surface area contributed by atoms with Gasteiger partial charge in [0, 0.05) is 32.1 Å². The lowest BCUT2D eigenvalue weighted by molar-refractivity contribution is -0.274.